The van der Waals surface area contributed by atoms with E-state index in [0.717, 1.165) is 12.0 Å². The predicted molar refractivity (Wildman–Crippen MR) is 122 cm³/mol. The number of carbonyl (C=O) groups is 2. The number of Topliss-reactive ketones (excluding diaryl/α,β-unsaturated/α-hetero) is 1. The molecular weight excluding hydrogens is 420 g/mol. The van der Waals surface area contributed by atoms with Gasteiger partial charge < -0.3 is 19.3 Å². The second-order valence-corrected chi connectivity index (χ2v) is 12.1. The molecule has 0 radical (unpaired) electrons. The Bertz CT molecular complexity index is 1020. The molecule has 0 amide bonds. The molecule has 1 aliphatic heterocycles. The number of carbonyl (C=O) groups excluding carboxylic acids is 2. The van der Waals surface area contributed by atoms with Gasteiger partial charge in [-0.25, -0.2) is 4.79 Å². The molecule has 180 valence electrons. The van der Waals surface area contributed by atoms with Crippen LogP contribution in [-0.4, -0.2) is 47.1 Å². The molecule has 6 heteroatoms. The molecule has 8 atom stereocenters. The average Bonchev–Trinajstić information content (AvgIpc) is 3.20. The molecule has 0 aromatic heterocycles. The molecule has 2 saturated carbocycles. The maximum atomic E-state index is 14.5. The van der Waals surface area contributed by atoms with Crippen LogP contribution in [-0.2, 0) is 23.8 Å². The standard InChI is InChI=1S/C27H36O6/c1-13(2)23(29)32-21-14(3)11-26-15(4)9-18-19(24(18,5)6)17(20(26)28)10-16-12-31-25(7,8)33-22(16)27(21,26)30/h10-11,15,17-19,21-22,30H,1,9,12H2,2-8H3. The number of esters is 1. The van der Waals surface area contributed by atoms with Crippen molar-refractivity contribution in [2.24, 2.45) is 34.5 Å². The molecule has 5 rings (SSSR count). The van der Waals surface area contributed by atoms with Gasteiger partial charge >= 0.3 is 5.97 Å². The lowest BCUT2D eigenvalue weighted by Gasteiger charge is -2.52. The van der Waals surface area contributed by atoms with E-state index < -0.39 is 35.0 Å². The molecule has 5 aliphatic rings. The minimum absolute atomic E-state index is 0.00658. The van der Waals surface area contributed by atoms with E-state index in [1.807, 2.05) is 19.1 Å². The number of ketones is 1. The quantitative estimate of drug-likeness (QED) is 0.387. The Morgan fingerprint density at radius 1 is 1.27 bits per heavy atom. The molecule has 0 aromatic carbocycles. The number of hydrogen-bond donors (Lipinski definition) is 1. The molecule has 8 unspecified atom stereocenters. The van der Waals surface area contributed by atoms with Crippen molar-refractivity contribution < 1.29 is 28.9 Å². The number of rotatable bonds is 2. The summed E-state index contributed by atoms with van der Waals surface area (Å²) in [4.78, 5) is 27.2. The summed E-state index contributed by atoms with van der Waals surface area (Å²) < 4.78 is 18.2. The van der Waals surface area contributed by atoms with Crippen molar-refractivity contribution >= 4 is 11.8 Å². The molecule has 1 saturated heterocycles. The number of allylic oxidation sites excluding steroid dienone is 1. The third-order valence-electron chi connectivity index (χ3n) is 9.24. The third kappa shape index (κ3) is 2.77. The highest BCUT2D eigenvalue weighted by Gasteiger charge is 2.77. The van der Waals surface area contributed by atoms with Crippen LogP contribution >= 0.6 is 0 Å². The van der Waals surface area contributed by atoms with Crippen molar-refractivity contribution in [1.82, 2.24) is 0 Å². The first kappa shape index (κ1) is 23.0. The zero-order chi connectivity index (χ0) is 24.3. The Kier molecular flexibility index (Phi) is 4.65. The van der Waals surface area contributed by atoms with E-state index in [2.05, 4.69) is 27.4 Å². The Labute approximate surface area is 196 Å². The predicted octanol–water partition coefficient (Wildman–Crippen LogP) is 3.74. The lowest BCUT2D eigenvalue weighted by molar-refractivity contribution is -0.303. The SMILES string of the molecule is C=C(C)C(=O)OC1C(C)=CC23C(=O)C(C=C4COC(C)(C)OC4C12O)C1C(CC3C)C1(C)C. The molecule has 3 fully saturated rings. The molecule has 1 N–H and O–H groups in total. The summed E-state index contributed by atoms with van der Waals surface area (Å²) in [6.07, 6.45) is 2.86. The van der Waals surface area contributed by atoms with Crippen LogP contribution in [0, 0.1) is 34.5 Å². The Balaban J connectivity index is 1.74. The molecule has 4 aliphatic carbocycles. The van der Waals surface area contributed by atoms with Gasteiger partial charge in [-0.1, -0.05) is 39.5 Å². The molecule has 2 bridgehead atoms. The zero-order valence-corrected chi connectivity index (χ0v) is 20.7. The highest BCUT2D eigenvalue weighted by Crippen LogP contribution is 2.72. The van der Waals surface area contributed by atoms with Gasteiger partial charge in [0.25, 0.3) is 0 Å². The molecule has 33 heavy (non-hydrogen) atoms. The van der Waals surface area contributed by atoms with Gasteiger partial charge in [0.1, 0.15) is 6.10 Å². The van der Waals surface area contributed by atoms with Gasteiger partial charge in [0.2, 0.25) is 0 Å². The van der Waals surface area contributed by atoms with E-state index in [4.69, 9.17) is 14.2 Å². The maximum Gasteiger partial charge on any atom is 0.333 e. The van der Waals surface area contributed by atoms with E-state index in [0.29, 0.717) is 11.5 Å². The van der Waals surface area contributed by atoms with Crippen LogP contribution in [0.4, 0.5) is 0 Å². The summed E-state index contributed by atoms with van der Waals surface area (Å²) in [7, 11) is 0. The molecule has 6 nitrogen and oxygen atoms in total. The smallest absolute Gasteiger partial charge is 0.333 e. The minimum Gasteiger partial charge on any atom is -0.451 e. The number of hydrogen-bond acceptors (Lipinski definition) is 6. The zero-order valence-electron chi connectivity index (χ0n) is 20.7. The van der Waals surface area contributed by atoms with Crippen molar-refractivity contribution in [3.8, 4) is 0 Å². The third-order valence-corrected chi connectivity index (χ3v) is 9.24. The van der Waals surface area contributed by atoms with Crippen LogP contribution in [0.2, 0.25) is 0 Å². The Hall–Kier alpha value is -1.76. The first-order valence-corrected chi connectivity index (χ1v) is 12.0. The van der Waals surface area contributed by atoms with Crippen LogP contribution in [0.1, 0.15) is 54.9 Å². The van der Waals surface area contributed by atoms with E-state index in [1.165, 1.54) is 0 Å². The molecular formula is C27H36O6. The highest BCUT2D eigenvalue weighted by atomic mass is 16.7. The van der Waals surface area contributed by atoms with Crippen molar-refractivity contribution in [2.45, 2.75) is 78.5 Å². The summed E-state index contributed by atoms with van der Waals surface area (Å²) in [5.74, 6) is -1.43. The molecule has 1 spiro atoms. The van der Waals surface area contributed by atoms with E-state index in [-0.39, 0.29) is 41.1 Å². The largest absolute Gasteiger partial charge is 0.451 e. The van der Waals surface area contributed by atoms with Crippen LogP contribution in [0.15, 0.2) is 35.5 Å². The van der Waals surface area contributed by atoms with E-state index >= 15 is 0 Å². The van der Waals surface area contributed by atoms with Crippen molar-refractivity contribution in [3.63, 3.8) is 0 Å². The van der Waals surface area contributed by atoms with Crippen molar-refractivity contribution in [1.29, 1.82) is 0 Å². The highest BCUT2D eigenvalue weighted by molar-refractivity contribution is 5.96. The summed E-state index contributed by atoms with van der Waals surface area (Å²) in [5, 5.41) is 12.8. The van der Waals surface area contributed by atoms with Gasteiger partial charge in [0, 0.05) is 11.5 Å². The number of fused-ring (bicyclic) bond motifs is 5. The van der Waals surface area contributed by atoms with Crippen LogP contribution in [0.3, 0.4) is 0 Å². The van der Waals surface area contributed by atoms with Gasteiger partial charge in [-0.05, 0) is 68.4 Å². The van der Waals surface area contributed by atoms with Crippen LogP contribution < -0.4 is 0 Å². The summed E-state index contributed by atoms with van der Waals surface area (Å²) in [6.45, 7) is 17.5. The second kappa shape index (κ2) is 6.67. The first-order valence-electron chi connectivity index (χ1n) is 12.0. The fourth-order valence-corrected chi connectivity index (χ4v) is 7.51. The number of aliphatic hydroxyl groups is 1. The number of ether oxygens (including phenoxy) is 3. The Morgan fingerprint density at radius 3 is 2.58 bits per heavy atom. The van der Waals surface area contributed by atoms with E-state index in [9.17, 15) is 14.7 Å². The topological polar surface area (TPSA) is 82.1 Å². The minimum atomic E-state index is -1.78. The average molecular weight is 457 g/mol. The van der Waals surface area contributed by atoms with Crippen molar-refractivity contribution in [2.75, 3.05) is 6.61 Å². The lowest BCUT2D eigenvalue weighted by Crippen LogP contribution is -2.68. The van der Waals surface area contributed by atoms with Crippen LogP contribution in [0.5, 0.6) is 0 Å². The van der Waals surface area contributed by atoms with Crippen molar-refractivity contribution in [3.05, 3.63) is 35.5 Å². The fourth-order valence-electron chi connectivity index (χ4n) is 7.51. The van der Waals surface area contributed by atoms with Gasteiger partial charge in [-0.3, -0.25) is 4.79 Å². The van der Waals surface area contributed by atoms with Crippen LogP contribution in [0.25, 0.3) is 0 Å². The fraction of sp³-hybridized carbons (Fsp3) is 0.704. The van der Waals surface area contributed by atoms with Gasteiger partial charge in [0.05, 0.1) is 12.0 Å². The molecule has 0 aromatic rings. The monoisotopic (exact) mass is 456 g/mol. The van der Waals surface area contributed by atoms with Gasteiger partial charge in [-0.15, -0.1) is 0 Å². The second-order valence-electron chi connectivity index (χ2n) is 12.1. The molecule has 1 heterocycles. The van der Waals surface area contributed by atoms with Gasteiger partial charge in [0.15, 0.2) is 23.3 Å². The normalized spacial score (nSPS) is 46.5. The first-order chi connectivity index (χ1) is 15.2. The lowest BCUT2D eigenvalue weighted by atomic mass is 9.59. The Morgan fingerprint density at radius 2 is 1.94 bits per heavy atom. The van der Waals surface area contributed by atoms with E-state index in [1.54, 1.807) is 20.8 Å². The summed E-state index contributed by atoms with van der Waals surface area (Å²) in [6, 6.07) is 0. The summed E-state index contributed by atoms with van der Waals surface area (Å²) >= 11 is 0. The maximum absolute atomic E-state index is 14.5. The van der Waals surface area contributed by atoms with Gasteiger partial charge in [-0.2, -0.15) is 0 Å². The summed E-state index contributed by atoms with van der Waals surface area (Å²) in [5.41, 5.74) is -1.26.